The van der Waals surface area contributed by atoms with E-state index in [2.05, 4.69) is 4.90 Å². The van der Waals surface area contributed by atoms with Crippen molar-refractivity contribution in [3.8, 4) is 0 Å². The average molecular weight is 329 g/mol. The van der Waals surface area contributed by atoms with Gasteiger partial charge in [-0.25, -0.2) is 8.42 Å². The quantitative estimate of drug-likeness (QED) is 0.855. The molecule has 0 aromatic heterocycles. The van der Waals surface area contributed by atoms with Crippen LogP contribution in [0.3, 0.4) is 0 Å². The highest BCUT2D eigenvalue weighted by Gasteiger charge is 2.39. The Morgan fingerprint density at radius 3 is 2.81 bits per heavy atom. The number of hydrogen-bond acceptors (Lipinski definition) is 3. The lowest BCUT2D eigenvalue weighted by Crippen LogP contribution is -2.56. The molecule has 0 bridgehead atoms. The molecule has 0 saturated carbocycles. The van der Waals surface area contributed by atoms with Gasteiger partial charge < -0.3 is 0 Å². The van der Waals surface area contributed by atoms with E-state index in [9.17, 15) is 8.42 Å². The normalized spacial score (nSPS) is 27.7. The van der Waals surface area contributed by atoms with E-state index in [1.807, 2.05) is 19.1 Å². The summed E-state index contributed by atoms with van der Waals surface area (Å²) in [5, 5.41) is 0.522. The van der Waals surface area contributed by atoms with Gasteiger partial charge in [0.1, 0.15) is 0 Å². The molecule has 2 aliphatic heterocycles. The molecule has 4 nitrogen and oxygen atoms in total. The third-order valence-corrected chi connectivity index (χ3v) is 6.80. The fourth-order valence-electron chi connectivity index (χ4n) is 3.44. The van der Waals surface area contributed by atoms with Crippen LogP contribution in [0.2, 0.25) is 5.02 Å². The van der Waals surface area contributed by atoms with Crippen LogP contribution in [0.5, 0.6) is 0 Å². The average Bonchev–Trinajstić information content (AvgIpc) is 2.87. The van der Waals surface area contributed by atoms with Crippen LogP contribution in [-0.4, -0.2) is 49.3 Å². The van der Waals surface area contributed by atoms with Gasteiger partial charge in [-0.2, -0.15) is 4.31 Å². The molecule has 2 atom stereocenters. The highest BCUT2D eigenvalue weighted by atomic mass is 35.5. The van der Waals surface area contributed by atoms with Crippen LogP contribution in [0.25, 0.3) is 0 Å². The van der Waals surface area contributed by atoms with Crippen molar-refractivity contribution in [3.63, 3.8) is 0 Å². The van der Waals surface area contributed by atoms with E-state index in [4.69, 9.17) is 11.6 Å². The Morgan fingerprint density at radius 1 is 1.29 bits per heavy atom. The van der Waals surface area contributed by atoms with Crippen molar-refractivity contribution in [2.24, 2.45) is 0 Å². The van der Waals surface area contributed by atoms with E-state index in [-0.39, 0.29) is 11.8 Å². The van der Waals surface area contributed by atoms with Crippen molar-refractivity contribution in [1.82, 2.24) is 9.21 Å². The van der Waals surface area contributed by atoms with Crippen molar-refractivity contribution in [1.29, 1.82) is 0 Å². The number of rotatable bonds is 3. The predicted molar refractivity (Wildman–Crippen MR) is 84.8 cm³/mol. The van der Waals surface area contributed by atoms with Crippen LogP contribution in [0, 0.1) is 0 Å². The Morgan fingerprint density at radius 2 is 2.05 bits per heavy atom. The summed E-state index contributed by atoms with van der Waals surface area (Å²) in [6.45, 7) is 4.56. The van der Waals surface area contributed by atoms with E-state index in [1.54, 1.807) is 16.4 Å². The molecule has 2 aliphatic rings. The van der Waals surface area contributed by atoms with Crippen molar-refractivity contribution in [3.05, 3.63) is 34.9 Å². The Labute approximate surface area is 131 Å². The van der Waals surface area contributed by atoms with Gasteiger partial charge in [-0.15, -0.1) is 0 Å². The molecule has 2 heterocycles. The van der Waals surface area contributed by atoms with Crippen LogP contribution in [-0.2, 0) is 15.8 Å². The van der Waals surface area contributed by atoms with E-state index in [1.165, 1.54) is 6.42 Å². The first-order valence-corrected chi connectivity index (χ1v) is 9.43. The molecular formula is C15H21ClN2O2S. The summed E-state index contributed by atoms with van der Waals surface area (Å²) in [6.07, 6.45) is 2.28. The first kappa shape index (κ1) is 15.3. The molecular weight excluding hydrogens is 308 g/mol. The first-order valence-electron chi connectivity index (χ1n) is 7.44. The van der Waals surface area contributed by atoms with Crippen molar-refractivity contribution >= 4 is 21.6 Å². The van der Waals surface area contributed by atoms with E-state index in [0.717, 1.165) is 19.5 Å². The highest BCUT2D eigenvalue weighted by molar-refractivity contribution is 7.88. The standard InChI is InChI=1S/C15H21ClN2O2S/c1-12-9-17-8-4-6-14(17)10-18(12)21(19,20)11-13-5-2-3-7-15(13)16/h2-3,5,7,12,14H,4,6,8-11H2,1H3. The second-order valence-corrected chi connectivity index (χ2v) is 8.39. The zero-order valence-electron chi connectivity index (χ0n) is 12.2. The summed E-state index contributed by atoms with van der Waals surface area (Å²) in [5.74, 6) is -0.0102. The maximum atomic E-state index is 12.8. The second kappa shape index (κ2) is 5.88. The molecule has 1 aromatic rings. The monoisotopic (exact) mass is 328 g/mol. The van der Waals surface area contributed by atoms with E-state index in [0.29, 0.717) is 23.2 Å². The number of piperazine rings is 1. The Kier molecular flexibility index (Phi) is 4.28. The van der Waals surface area contributed by atoms with Gasteiger partial charge in [-0.1, -0.05) is 29.8 Å². The number of fused-ring (bicyclic) bond motifs is 1. The molecule has 0 radical (unpaired) electrons. The lowest BCUT2D eigenvalue weighted by atomic mass is 10.1. The number of halogens is 1. The number of sulfonamides is 1. The van der Waals surface area contributed by atoms with Gasteiger partial charge in [0.25, 0.3) is 0 Å². The largest absolute Gasteiger partial charge is 0.297 e. The van der Waals surface area contributed by atoms with Gasteiger partial charge in [0.15, 0.2) is 0 Å². The molecule has 116 valence electrons. The summed E-state index contributed by atoms with van der Waals surface area (Å²) in [4.78, 5) is 2.42. The Hall–Kier alpha value is -0.620. The molecule has 21 heavy (non-hydrogen) atoms. The minimum Gasteiger partial charge on any atom is -0.297 e. The van der Waals surface area contributed by atoms with Gasteiger partial charge in [-0.3, -0.25) is 4.90 Å². The fourth-order valence-corrected chi connectivity index (χ4v) is 5.55. The number of benzene rings is 1. The van der Waals surface area contributed by atoms with Crippen LogP contribution >= 0.6 is 11.6 Å². The summed E-state index contributed by atoms with van der Waals surface area (Å²) < 4.78 is 27.2. The SMILES string of the molecule is CC1CN2CCCC2CN1S(=O)(=O)Cc1ccccc1Cl. The Bertz CT molecular complexity index is 620. The zero-order valence-corrected chi connectivity index (χ0v) is 13.8. The van der Waals surface area contributed by atoms with E-state index >= 15 is 0 Å². The zero-order chi connectivity index (χ0) is 15.0. The third-order valence-electron chi connectivity index (χ3n) is 4.53. The molecule has 2 unspecified atom stereocenters. The van der Waals surface area contributed by atoms with E-state index < -0.39 is 10.0 Å². The lowest BCUT2D eigenvalue weighted by Gasteiger charge is -2.41. The van der Waals surface area contributed by atoms with Crippen LogP contribution in [0.15, 0.2) is 24.3 Å². The molecule has 1 aromatic carbocycles. The number of nitrogens with zero attached hydrogens (tertiary/aromatic N) is 2. The van der Waals surface area contributed by atoms with Crippen LogP contribution < -0.4 is 0 Å². The fraction of sp³-hybridized carbons (Fsp3) is 0.600. The van der Waals surface area contributed by atoms with Crippen molar-refractivity contribution in [2.75, 3.05) is 19.6 Å². The van der Waals surface area contributed by atoms with Gasteiger partial charge in [-0.05, 0) is 37.9 Å². The first-order chi connectivity index (χ1) is 9.97. The smallest absolute Gasteiger partial charge is 0.218 e. The summed E-state index contributed by atoms with van der Waals surface area (Å²) in [5.41, 5.74) is 0.681. The molecule has 0 spiro atoms. The van der Waals surface area contributed by atoms with Crippen molar-refractivity contribution in [2.45, 2.75) is 37.6 Å². The van der Waals surface area contributed by atoms with Gasteiger partial charge in [0, 0.05) is 30.2 Å². The van der Waals surface area contributed by atoms with Gasteiger partial charge in [0.05, 0.1) is 5.75 Å². The topological polar surface area (TPSA) is 40.6 Å². The molecule has 0 amide bonds. The maximum Gasteiger partial charge on any atom is 0.218 e. The summed E-state index contributed by atoms with van der Waals surface area (Å²) in [7, 11) is -3.32. The molecule has 2 fully saturated rings. The minimum absolute atomic E-state index is 0.0102. The maximum absolute atomic E-state index is 12.8. The molecule has 2 saturated heterocycles. The van der Waals surface area contributed by atoms with Gasteiger partial charge >= 0.3 is 0 Å². The second-order valence-electron chi connectivity index (χ2n) is 6.06. The minimum atomic E-state index is -3.32. The molecule has 0 aliphatic carbocycles. The Balaban J connectivity index is 1.79. The van der Waals surface area contributed by atoms with Gasteiger partial charge in [0.2, 0.25) is 10.0 Å². The molecule has 3 rings (SSSR count). The van der Waals surface area contributed by atoms with Crippen LogP contribution in [0.4, 0.5) is 0 Å². The highest BCUT2D eigenvalue weighted by Crippen LogP contribution is 2.28. The molecule has 0 N–H and O–H groups in total. The van der Waals surface area contributed by atoms with Crippen LogP contribution in [0.1, 0.15) is 25.3 Å². The molecule has 6 heteroatoms. The van der Waals surface area contributed by atoms with Crippen molar-refractivity contribution < 1.29 is 8.42 Å². The summed E-state index contributed by atoms with van der Waals surface area (Å²) in [6, 6.07) is 7.60. The predicted octanol–water partition coefficient (Wildman–Crippen LogP) is 2.34. The summed E-state index contributed by atoms with van der Waals surface area (Å²) >= 11 is 6.10. The number of hydrogen-bond donors (Lipinski definition) is 0. The lowest BCUT2D eigenvalue weighted by molar-refractivity contribution is 0.117. The third kappa shape index (κ3) is 3.11.